The molecule has 170 valence electrons. The molecule has 5 rings (SSSR count). The van der Waals surface area contributed by atoms with Gasteiger partial charge in [-0.1, -0.05) is 0 Å². The highest BCUT2D eigenvalue weighted by Crippen LogP contribution is 2.24. The van der Waals surface area contributed by atoms with Gasteiger partial charge in [0.1, 0.15) is 17.3 Å². The number of aromatic hydroxyl groups is 2. The van der Waals surface area contributed by atoms with Crippen LogP contribution in [0, 0.1) is 0 Å². The fraction of sp³-hybridized carbons (Fsp3) is 0.261. The Morgan fingerprint density at radius 1 is 1.15 bits per heavy atom. The van der Waals surface area contributed by atoms with Gasteiger partial charge in [0, 0.05) is 35.5 Å². The molecule has 3 heterocycles. The number of H-pyrrole nitrogens is 1. The minimum absolute atomic E-state index is 0.122. The predicted molar refractivity (Wildman–Crippen MR) is 121 cm³/mol. The number of hydrogen-bond acceptors (Lipinski definition) is 8. The number of nitrogens with zero attached hydrogens (tertiary/aromatic N) is 4. The van der Waals surface area contributed by atoms with E-state index in [1.807, 2.05) is 24.3 Å². The summed E-state index contributed by atoms with van der Waals surface area (Å²) in [6.45, 7) is 0.499. The van der Waals surface area contributed by atoms with Gasteiger partial charge in [0.25, 0.3) is 0 Å². The van der Waals surface area contributed by atoms with E-state index in [0.29, 0.717) is 51.8 Å². The van der Waals surface area contributed by atoms with E-state index in [9.17, 15) is 10.2 Å². The van der Waals surface area contributed by atoms with Crippen molar-refractivity contribution in [3.63, 3.8) is 0 Å². The van der Waals surface area contributed by atoms with Gasteiger partial charge in [0.05, 0.1) is 26.5 Å². The largest absolute Gasteiger partial charge is 0.497 e. The summed E-state index contributed by atoms with van der Waals surface area (Å²) in [7, 11) is 3.24. The summed E-state index contributed by atoms with van der Waals surface area (Å²) in [5, 5.41) is 28.1. The molecule has 0 atom stereocenters. The Morgan fingerprint density at radius 3 is 2.55 bits per heavy atom. The summed E-state index contributed by atoms with van der Waals surface area (Å²) in [5.74, 6) is 1.81. The van der Waals surface area contributed by atoms with Crippen molar-refractivity contribution in [3.05, 3.63) is 58.4 Å². The molecule has 1 saturated carbocycles. The van der Waals surface area contributed by atoms with Gasteiger partial charge in [0.15, 0.2) is 22.9 Å². The molecule has 0 saturated heterocycles. The lowest BCUT2D eigenvalue weighted by Gasteiger charge is -2.10. The van der Waals surface area contributed by atoms with Gasteiger partial charge >= 0.3 is 0 Å². The Morgan fingerprint density at radius 2 is 1.91 bits per heavy atom. The third kappa shape index (κ3) is 4.40. The van der Waals surface area contributed by atoms with Crippen molar-refractivity contribution in [2.24, 2.45) is 4.99 Å². The Hall–Kier alpha value is -4.21. The van der Waals surface area contributed by atoms with E-state index < -0.39 is 0 Å². The average Bonchev–Trinajstić information content (AvgIpc) is 3.45. The summed E-state index contributed by atoms with van der Waals surface area (Å²) in [6, 6.07) is 9.30. The zero-order chi connectivity index (χ0) is 22.9. The molecule has 4 aromatic rings. The van der Waals surface area contributed by atoms with Crippen molar-refractivity contribution < 1.29 is 19.7 Å². The standard InChI is InChI=1S/C23H24N6O4/c1-32-17-5-13(6-18(9-17)33-2)11-24-19-10-20(26-16-3-4-16)29-22(27-19)15(12-25-29)7-14-8-21(30)28-23(14)31/h5-10,12,16,24,28,30-31H,3-4,11H2,1-2H3. The van der Waals surface area contributed by atoms with Crippen LogP contribution in [0.25, 0.3) is 11.7 Å². The number of aromatic nitrogens is 4. The third-order valence-electron chi connectivity index (χ3n) is 5.35. The first kappa shape index (κ1) is 20.7. The monoisotopic (exact) mass is 448 g/mol. The SMILES string of the molecule is COc1cc(CNc2cc(=NC3CC3)n3ncc(=Cc4cc(O)[nH]c4O)c3n2)cc(OC)c1. The van der Waals surface area contributed by atoms with E-state index in [1.54, 1.807) is 31.0 Å². The number of fused-ring (bicyclic) bond motifs is 1. The molecule has 0 aliphatic heterocycles. The lowest BCUT2D eigenvalue weighted by atomic mass is 10.2. The van der Waals surface area contributed by atoms with Gasteiger partial charge in [-0.3, -0.25) is 9.98 Å². The number of rotatable bonds is 7. The van der Waals surface area contributed by atoms with Crippen molar-refractivity contribution in [3.8, 4) is 23.3 Å². The van der Waals surface area contributed by atoms with Gasteiger partial charge in [-0.25, -0.2) is 4.98 Å². The fourth-order valence-corrected chi connectivity index (χ4v) is 3.52. The maximum absolute atomic E-state index is 9.99. The molecule has 10 nitrogen and oxygen atoms in total. The van der Waals surface area contributed by atoms with E-state index in [0.717, 1.165) is 18.4 Å². The van der Waals surface area contributed by atoms with Crippen LogP contribution in [-0.2, 0) is 6.54 Å². The van der Waals surface area contributed by atoms with Crippen molar-refractivity contribution in [2.75, 3.05) is 19.5 Å². The minimum Gasteiger partial charge on any atom is -0.497 e. The van der Waals surface area contributed by atoms with Crippen molar-refractivity contribution in [1.82, 2.24) is 19.6 Å². The normalized spacial score (nSPS) is 14.7. The number of benzene rings is 1. The Bertz CT molecular complexity index is 1420. The highest BCUT2D eigenvalue weighted by Gasteiger charge is 2.20. The summed E-state index contributed by atoms with van der Waals surface area (Å²) >= 11 is 0. The second kappa shape index (κ2) is 8.38. The van der Waals surface area contributed by atoms with Crippen LogP contribution in [-0.4, -0.2) is 50.1 Å². The Balaban J connectivity index is 1.55. The van der Waals surface area contributed by atoms with E-state index in [4.69, 9.17) is 19.5 Å². The average molecular weight is 448 g/mol. The van der Waals surface area contributed by atoms with E-state index in [1.165, 1.54) is 6.07 Å². The van der Waals surface area contributed by atoms with Crippen LogP contribution in [0.15, 0.2) is 41.5 Å². The molecular formula is C23H24N6O4. The number of nitrogens with one attached hydrogen (secondary N) is 2. The van der Waals surface area contributed by atoms with E-state index >= 15 is 0 Å². The number of methoxy groups -OCH3 is 2. The second-order valence-electron chi connectivity index (χ2n) is 7.87. The number of aromatic amines is 1. The lowest BCUT2D eigenvalue weighted by molar-refractivity contribution is 0.393. The molecule has 1 aromatic carbocycles. The molecule has 0 unspecified atom stereocenters. The number of hydrogen-bond donors (Lipinski definition) is 4. The van der Waals surface area contributed by atoms with Gasteiger partial charge in [-0.2, -0.15) is 9.61 Å². The summed E-state index contributed by atoms with van der Waals surface area (Å²) in [5.41, 5.74) is 2.70. The molecule has 0 amide bonds. The van der Waals surface area contributed by atoms with Crippen LogP contribution in [0.1, 0.15) is 24.0 Å². The minimum atomic E-state index is -0.129. The van der Waals surface area contributed by atoms with E-state index in [-0.39, 0.29) is 11.8 Å². The van der Waals surface area contributed by atoms with E-state index in [2.05, 4.69) is 15.4 Å². The smallest absolute Gasteiger partial charge is 0.198 e. The van der Waals surface area contributed by atoms with Gasteiger partial charge in [0.2, 0.25) is 0 Å². The molecule has 0 spiro atoms. The van der Waals surface area contributed by atoms with Gasteiger partial charge in [-0.15, -0.1) is 0 Å². The molecule has 10 heteroatoms. The van der Waals surface area contributed by atoms with Crippen molar-refractivity contribution in [2.45, 2.75) is 25.4 Å². The molecule has 0 bridgehead atoms. The van der Waals surface area contributed by atoms with Crippen LogP contribution in [0.3, 0.4) is 0 Å². The van der Waals surface area contributed by atoms with Crippen LogP contribution in [0.2, 0.25) is 0 Å². The predicted octanol–water partition coefficient (Wildman–Crippen LogP) is 1.71. The first-order valence-electron chi connectivity index (χ1n) is 10.5. The molecule has 4 N–H and O–H groups in total. The summed E-state index contributed by atoms with van der Waals surface area (Å²) in [4.78, 5) is 12.0. The first-order valence-corrected chi connectivity index (χ1v) is 10.5. The summed E-state index contributed by atoms with van der Waals surface area (Å²) in [6.07, 6.45) is 5.49. The zero-order valence-corrected chi connectivity index (χ0v) is 18.2. The zero-order valence-electron chi connectivity index (χ0n) is 18.2. The van der Waals surface area contributed by atoms with Crippen LogP contribution in [0.5, 0.6) is 23.3 Å². The first-order chi connectivity index (χ1) is 16.0. The second-order valence-corrected chi connectivity index (χ2v) is 7.87. The van der Waals surface area contributed by atoms with Crippen LogP contribution < -0.4 is 25.5 Å². The Labute approximate surface area is 188 Å². The molecule has 0 radical (unpaired) electrons. The molecular weight excluding hydrogens is 424 g/mol. The highest BCUT2D eigenvalue weighted by atomic mass is 16.5. The molecule has 3 aromatic heterocycles. The fourth-order valence-electron chi connectivity index (χ4n) is 3.52. The number of ether oxygens (including phenoxy) is 2. The van der Waals surface area contributed by atoms with Gasteiger partial charge < -0.3 is 25.0 Å². The van der Waals surface area contributed by atoms with Gasteiger partial charge in [-0.05, 0) is 36.6 Å². The number of anilines is 1. The van der Waals surface area contributed by atoms with Crippen molar-refractivity contribution in [1.29, 1.82) is 0 Å². The molecule has 1 aliphatic carbocycles. The quantitative estimate of drug-likeness (QED) is 0.339. The van der Waals surface area contributed by atoms with Crippen LogP contribution >= 0.6 is 0 Å². The highest BCUT2D eigenvalue weighted by molar-refractivity contribution is 5.62. The topological polar surface area (TPSA) is 129 Å². The maximum atomic E-state index is 9.99. The molecule has 1 aliphatic rings. The molecule has 33 heavy (non-hydrogen) atoms. The summed E-state index contributed by atoms with van der Waals surface area (Å²) < 4.78 is 12.4. The maximum Gasteiger partial charge on any atom is 0.198 e. The third-order valence-corrected chi connectivity index (χ3v) is 5.35. The lowest BCUT2D eigenvalue weighted by Crippen LogP contribution is -2.20. The van der Waals surface area contributed by atoms with Crippen molar-refractivity contribution >= 4 is 17.5 Å². The Kier molecular flexibility index (Phi) is 5.25. The molecule has 1 fully saturated rings. The van der Waals surface area contributed by atoms with Crippen LogP contribution in [0.4, 0.5) is 5.82 Å².